The van der Waals surface area contributed by atoms with E-state index in [-0.39, 0.29) is 6.04 Å². The largest absolute Gasteiger partial charge is 0.381 e. The van der Waals surface area contributed by atoms with Gasteiger partial charge in [-0.1, -0.05) is 0 Å². The molecule has 2 atom stereocenters. The van der Waals surface area contributed by atoms with Gasteiger partial charge >= 0.3 is 0 Å². The van der Waals surface area contributed by atoms with E-state index in [2.05, 4.69) is 18.8 Å². The van der Waals surface area contributed by atoms with Crippen molar-refractivity contribution in [1.29, 1.82) is 0 Å². The van der Waals surface area contributed by atoms with Gasteiger partial charge in [-0.3, -0.25) is 0 Å². The molecular formula is C11H18N2OS. The van der Waals surface area contributed by atoms with Crippen LogP contribution in [0.3, 0.4) is 0 Å². The molecule has 15 heavy (non-hydrogen) atoms. The monoisotopic (exact) mass is 226 g/mol. The lowest BCUT2D eigenvalue weighted by atomic mass is 9.97. The second-order valence-electron chi connectivity index (χ2n) is 4.24. The maximum Gasteiger partial charge on any atom is 0.0946 e. The SMILES string of the molecule is Cc1nc(CC(N)C2CCOC2)sc1C. The Morgan fingerprint density at radius 2 is 2.40 bits per heavy atom. The number of rotatable bonds is 3. The molecule has 0 amide bonds. The summed E-state index contributed by atoms with van der Waals surface area (Å²) in [7, 11) is 0. The molecule has 2 unspecified atom stereocenters. The number of hydrogen-bond acceptors (Lipinski definition) is 4. The van der Waals surface area contributed by atoms with Crippen LogP contribution in [0.2, 0.25) is 0 Å². The average Bonchev–Trinajstić information content (AvgIpc) is 2.77. The predicted octanol–water partition coefficient (Wildman–Crippen LogP) is 1.67. The van der Waals surface area contributed by atoms with E-state index < -0.39 is 0 Å². The van der Waals surface area contributed by atoms with Crippen molar-refractivity contribution in [2.75, 3.05) is 13.2 Å². The highest BCUT2D eigenvalue weighted by Gasteiger charge is 2.23. The van der Waals surface area contributed by atoms with E-state index in [0.717, 1.165) is 31.7 Å². The number of aromatic nitrogens is 1. The van der Waals surface area contributed by atoms with Gasteiger partial charge in [0.1, 0.15) is 0 Å². The third-order valence-electron chi connectivity index (χ3n) is 3.05. The summed E-state index contributed by atoms with van der Waals surface area (Å²) in [5.74, 6) is 0.523. The zero-order chi connectivity index (χ0) is 10.8. The Balaban J connectivity index is 1.95. The molecule has 2 rings (SSSR count). The van der Waals surface area contributed by atoms with Gasteiger partial charge in [-0.2, -0.15) is 0 Å². The topological polar surface area (TPSA) is 48.1 Å². The normalized spacial score (nSPS) is 23.3. The highest BCUT2D eigenvalue weighted by atomic mass is 32.1. The first kappa shape index (κ1) is 11.0. The van der Waals surface area contributed by atoms with Crippen molar-refractivity contribution in [3.63, 3.8) is 0 Å². The molecule has 84 valence electrons. The van der Waals surface area contributed by atoms with E-state index in [1.165, 1.54) is 9.88 Å². The van der Waals surface area contributed by atoms with Crippen LogP contribution in [-0.4, -0.2) is 24.2 Å². The molecule has 1 aromatic heterocycles. The quantitative estimate of drug-likeness (QED) is 0.853. The minimum absolute atomic E-state index is 0.206. The standard InChI is InChI=1S/C11H18N2OS/c1-7-8(2)15-11(13-7)5-10(12)9-3-4-14-6-9/h9-10H,3-6,12H2,1-2H3. The number of ether oxygens (including phenoxy) is 1. The third kappa shape index (κ3) is 2.56. The van der Waals surface area contributed by atoms with Crippen LogP contribution in [0.5, 0.6) is 0 Å². The molecule has 3 nitrogen and oxygen atoms in total. The molecule has 0 saturated carbocycles. The first-order chi connectivity index (χ1) is 7.16. The summed E-state index contributed by atoms with van der Waals surface area (Å²) in [6, 6.07) is 0.206. The molecule has 0 aromatic carbocycles. The molecule has 0 aliphatic carbocycles. The molecule has 2 N–H and O–H groups in total. The number of aryl methyl sites for hydroxylation is 2. The van der Waals surface area contributed by atoms with Crippen molar-refractivity contribution >= 4 is 11.3 Å². The fraction of sp³-hybridized carbons (Fsp3) is 0.727. The molecule has 2 heterocycles. The Morgan fingerprint density at radius 1 is 1.60 bits per heavy atom. The summed E-state index contributed by atoms with van der Waals surface area (Å²) in [5.41, 5.74) is 7.30. The van der Waals surface area contributed by atoms with Gasteiger partial charge in [-0.05, 0) is 26.2 Å². The number of hydrogen-bond donors (Lipinski definition) is 1. The van der Waals surface area contributed by atoms with Crippen LogP contribution in [0.15, 0.2) is 0 Å². The summed E-state index contributed by atoms with van der Waals surface area (Å²) in [5, 5.41) is 1.17. The maximum atomic E-state index is 6.16. The molecule has 0 bridgehead atoms. The highest BCUT2D eigenvalue weighted by molar-refractivity contribution is 7.11. The van der Waals surface area contributed by atoms with E-state index in [1.54, 1.807) is 11.3 Å². The van der Waals surface area contributed by atoms with Gasteiger partial charge < -0.3 is 10.5 Å². The Labute approximate surface area is 94.7 Å². The van der Waals surface area contributed by atoms with Gasteiger partial charge in [0, 0.05) is 23.9 Å². The summed E-state index contributed by atoms with van der Waals surface area (Å²) >= 11 is 1.77. The van der Waals surface area contributed by atoms with Crippen LogP contribution in [-0.2, 0) is 11.2 Å². The molecule has 1 aliphatic rings. The Bertz CT molecular complexity index is 312. The maximum absolute atomic E-state index is 6.16. The zero-order valence-corrected chi connectivity index (χ0v) is 10.1. The summed E-state index contributed by atoms with van der Waals surface area (Å²) in [6.07, 6.45) is 2.00. The smallest absolute Gasteiger partial charge is 0.0946 e. The van der Waals surface area contributed by atoms with Gasteiger partial charge in [0.25, 0.3) is 0 Å². The van der Waals surface area contributed by atoms with E-state index in [0.29, 0.717) is 5.92 Å². The fourth-order valence-corrected chi connectivity index (χ4v) is 2.89. The van der Waals surface area contributed by atoms with Crippen LogP contribution in [0.4, 0.5) is 0 Å². The molecule has 0 spiro atoms. The lowest BCUT2D eigenvalue weighted by Gasteiger charge is -2.15. The van der Waals surface area contributed by atoms with Crippen LogP contribution in [0, 0.1) is 19.8 Å². The Kier molecular flexibility index (Phi) is 3.38. The first-order valence-electron chi connectivity index (χ1n) is 5.43. The van der Waals surface area contributed by atoms with Gasteiger partial charge in [-0.15, -0.1) is 11.3 Å². The van der Waals surface area contributed by atoms with Crippen LogP contribution in [0.25, 0.3) is 0 Å². The Morgan fingerprint density at radius 3 is 2.93 bits per heavy atom. The lowest BCUT2D eigenvalue weighted by Crippen LogP contribution is -2.32. The molecule has 4 heteroatoms. The van der Waals surface area contributed by atoms with Crippen molar-refractivity contribution < 1.29 is 4.74 Å². The minimum atomic E-state index is 0.206. The zero-order valence-electron chi connectivity index (χ0n) is 9.32. The molecule has 0 radical (unpaired) electrons. The molecule has 1 aromatic rings. The predicted molar refractivity (Wildman–Crippen MR) is 62.2 cm³/mol. The summed E-state index contributed by atoms with van der Waals surface area (Å²) in [4.78, 5) is 5.82. The van der Waals surface area contributed by atoms with Crippen molar-refractivity contribution in [3.8, 4) is 0 Å². The fourth-order valence-electron chi connectivity index (χ4n) is 1.89. The highest BCUT2D eigenvalue weighted by Crippen LogP contribution is 2.22. The third-order valence-corrected chi connectivity index (χ3v) is 4.15. The Hall–Kier alpha value is -0.450. The lowest BCUT2D eigenvalue weighted by molar-refractivity contribution is 0.180. The van der Waals surface area contributed by atoms with Crippen molar-refractivity contribution in [2.24, 2.45) is 11.7 Å². The van der Waals surface area contributed by atoms with Crippen molar-refractivity contribution in [1.82, 2.24) is 4.98 Å². The van der Waals surface area contributed by atoms with E-state index in [9.17, 15) is 0 Å². The van der Waals surface area contributed by atoms with Gasteiger partial charge in [0.05, 0.1) is 17.3 Å². The minimum Gasteiger partial charge on any atom is -0.381 e. The van der Waals surface area contributed by atoms with E-state index in [1.807, 2.05) is 0 Å². The molecule has 1 fully saturated rings. The summed E-state index contributed by atoms with van der Waals surface area (Å²) in [6.45, 7) is 5.86. The number of nitrogens with zero attached hydrogens (tertiary/aromatic N) is 1. The molecular weight excluding hydrogens is 208 g/mol. The summed E-state index contributed by atoms with van der Waals surface area (Å²) < 4.78 is 5.35. The van der Waals surface area contributed by atoms with Crippen molar-refractivity contribution in [2.45, 2.75) is 32.7 Å². The first-order valence-corrected chi connectivity index (χ1v) is 6.24. The molecule has 1 saturated heterocycles. The van der Waals surface area contributed by atoms with Crippen LogP contribution in [0.1, 0.15) is 22.0 Å². The van der Waals surface area contributed by atoms with Gasteiger partial charge in [-0.25, -0.2) is 4.98 Å². The average molecular weight is 226 g/mol. The van der Waals surface area contributed by atoms with Crippen LogP contribution >= 0.6 is 11.3 Å². The van der Waals surface area contributed by atoms with E-state index in [4.69, 9.17) is 10.5 Å². The van der Waals surface area contributed by atoms with Gasteiger partial charge in [0.15, 0.2) is 0 Å². The second-order valence-corrected chi connectivity index (χ2v) is 5.53. The van der Waals surface area contributed by atoms with Crippen molar-refractivity contribution in [3.05, 3.63) is 15.6 Å². The second kappa shape index (κ2) is 4.60. The van der Waals surface area contributed by atoms with E-state index >= 15 is 0 Å². The molecule has 1 aliphatic heterocycles. The van der Waals surface area contributed by atoms with Gasteiger partial charge in [0.2, 0.25) is 0 Å². The number of thiazole rings is 1. The van der Waals surface area contributed by atoms with Crippen LogP contribution < -0.4 is 5.73 Å². The number of nitrogens with two attached hydrogens (primary N) is 1.